The van der Waals surface area contributed by atoms with E-state index in [1.165, 1.54) is 17.8 Å². The first-order valence-electron chi connectivity index (χ1n) is 6.84. The molecule has 1 fully saturated rings. The van der Waals surface area contributed by atoms with Gasteiger partial charge in [0.1, 0.15) is 4.21 Å². The molecule has 0 saturated heterocycles. The minimum absolute atomic E-state index is 0.263. The first-order chi connectivity index (χ1) is 9.46. The smallest absolute Gasteiger partial charge is 0.250 e. The second kappa shape index (κ2) is 6.51. The minimum Gasteiger partial charge on any atom is -0.392 e. The van der Waals surface area contributed by atoms with E-state index < -0.39 is 15.6 Å². The van der Waals surface area contributed by atoms with Crippen molar-refractivity contribution in [3.63, 3.8) is 0 Å². The lowest BCUT2D eigenvalue weighted by atomic mass is 9.85. The van der Waals surface area contributed by atoms with E-state index in [4.69, 9.17) is 18.0 Å². The molecule has 0 amide bonds. The number of nitrogens with one attached hydrogen (secondary N) is 1. The fourth-order valence-corrected chi connectivity index (χ4v) is 5.38. The van der Waals surface area contributed by atoms with Crippen molar-refractivity contribution in [2.75, 3.05) is 0 Å². The Kier molecular flexibility index (Phi) is 5.17. The molecule has 0 unspecified atom stereocenters. The standard InChI is InChI=1S/C13H20N2O2S3/c14-12(18)13(8-4-2-1-3-5-9-13)15-20(16,17)11-7-6-10-19-11/h6-7,10,15H,1-5,8-9H2,(H2,14,18). The van der Waals surface area contributed by atoms with E-state index in [0.29, 0.717) is 17.1 Å². The third kappa shape index (κ3) is 3.58. The Hall–Kier alpha value is -0.500. The molecule has 0 atom stereocenters. The van der Waals surface area contributed by atoms with Gasteiger partial charge in [-0.2, -0.15) is 4.72 Å². The Bertz CT molecular complexity index is 544. The van der Waals surface area contributed by atoms with Crippen molar-refractivity contribution in [3.05, 3.63) is 17.5 Å². The molecule has 0 aromatic carbocycles. The summed E-state index contributed by atoms with van der Waals surface area (Å²) in [7, 11) is -3.55. The lowest BCUT2D eigenvalue weighted by Crippen LogP contribution is -2.56. The van der Waals surface area contributed by atoms with Gasteiger partial charge in [-0.1, -0.05) is 50.4 Å². The van der Waals surface area contributed by atoms with E-state index in [2.05, 4.69) is 4.72 Å². The fourth-order valence-electron chi connectivity index (χ4n) is 2.63. The van der Waals surface area contributed by atoms with Crippen molar-refractivity contribution < 1.29 is 8.42 Å². The zero-order valence-corrected chi connectivity index (χ0v) is 13.7. The van der Waals surface area contributed by atoms with Crippen molar-refractivity contribution in [2.45, 2.75) is 54.7 Å². The lowest BCUT2D eigenvalue weighted by Gasteiger charge is -2.34. The van der Waals surface area contributed by atoms with Crippen LogP contribution >= 0.6 is 23.6 Å². The SMILES string of the molecule is NC(=S)C1(NS(=O)(=O)c2cccs2)CCCCCCC1. The zero-order valence-electron chi connectivity index (χ0n) is 11.3. The van der Waals surface area contributed by atoms with Crippen LogP contribution < -0.4 is 10.5 Å². The van der Waals surface area contributed by atoms with E-state index in [1.54, 1.807) is 17.5 Å². The summed E-state index contributed by atoms with van der Waals surface area (Å²) in [6, 6.07) is 3.33. The summed E-state index contributed by atoms with van der Waals surface area (Å²) in [6.07, 6.45) is 6.68. The van der Waals surface area contributed by atoms with E-state index in [-0.39, 0.29) is 4.99 Å². The fraction of sp³-hybridized carbons (Fsp3) is 0.615. The third-order valence-corrected chi connectivity index (χ3v) is 7.09. The van der Waals surface area contributed by atoms with Gasteiger partial charge in [-0.05, 0) is 24.3 Å². The lowest BCUT2D eigenvalue weighted by molar-refractivity contribution is 0.372. The van der Waals surface area contributed by atoms with Crippen molar-refractivity contribution in [3.8, 4) is 0 Å². The Morgan fingerprint density at radius 2 is 1.85 bits per heavy atom. The summed E-state index contributed by atoms with van der Waals surface area (Å²) in [6.45, 7) is 0. The van der Waals surface area contributed by atoms with E-state index in [0.717, 1.165) is 25.7 Å². The van der Waals surface area contributed by atoms with Crippen LogP contribution in [0.25, 0.3) is 0 Å². The molecule has 0 spiro atoms. The highest BCUT2D eigenvalue weighted by Gasteiger charge is 2.38. The maximum Gasteiger partial charge on any atom is 0.250 e. The van der Waals surface area contributed by atoms with Gasteiger partial charge >= 0.3 is 0 Å². The van der Waals surface area contributed by atoms with Gasteiger partial charge in [0.2, 0.25) is 0 Å². The number of hydrogen-bond acceptors (Lipinski definition) is 4. The molecule has 1 aliphatic carbocycles. The predicted molar refractivity (Wildman–Crippen MR) is 86.5 cm³/mol. The molecular weight excluding hydrogens is 312 g/mol. The molecule has 1 aromatic rings. The number of thiophene rings is 1. The summed E-state index contributed by atoms with van der Waals surface area (Å²) in [5, 5.41) is 1.75. The number of sulfonamides is 1. The number of nitrogens with two attached hydrogens (primary N) is 1. The molecule has 112 valence electrons. The Labute approximate surface area is 129 Å². The topological polar surface area (TPSA) is 72.2 Å². The number of rotatable bonds is 4. The first kappa shape index (κ1) is 15.9. The molecule has 1 heterocycles. The zero-order chi connectivity index (χ0) is 14.6. The molecule has 20 heavy (non-hydrogen) atoms. The van der Waals surface area contributed by atoms with Gasteiger partial charge < -0.3 is 5.73 Å². The monoisotopic (exact) mass is 332 g/mol. The second-order valence-electron chi connectivity index (χ2n) is 5.25. The second-order valence-corrected chi connectivity index (χ2v) is 8.55. The predicted octanol–water partition coefficient (Wildman–Crippen LogP) is 2.80. The summed E-state index contributed by atoms with van der Waals surface area (Å²) >= 11 is 6.39. The van der Waals surface area contributed by atoms with Crippen LogP contribution in [0.2, 0.25) is 0 Å². The quantitative estimate of drug-likeness (QED) is 0.832. The van der Waals surface area contributed by atoms with Crippen LogP contribution in [0, 0.1) is 0 Å². The maximum absolute atomic E-state index is 12.5. The Balaban J connectivity index is 2.26. The van der Waals surface area contributed by atoms with Gasteiger partial charge in [-0.25, -0.2) is 8.42 Å². The largest absolute Gasteiger partial charge is 0.392 e. The normalized spacial score (nSPS) is 20.0. The van der Waals surface area contributed by atoms with E-state index in [9.17, 15) is 8.42 Å². The summed E-state index contributed by atoms with van der Waals surface area (Å²) < 4.78 is 28.0. The highest BCUT2D eigenvalue weighted by molar-refractivity contribution is 7.91. The average molecular weight is 333 g/mol. The minimum atomic E-state index is -3.55. The van der Waals surface area contributed by atoms with Crippen LogP contribution in [0.5, 0.6) is 0 Å². The molecule has 1 aliphatic rings. The summed E-state index contributed by atoms with van der Waals surface area (Å²) in [4.78, 5) is 0.263. The molecule has 4 nitrogen and oxygen atoms in total. The van der Waals surface area contributed by atoms with Crippen molar-refractivity contribution in [1.82, 2.24) is 4.72 Å². The maximum atomic E-state index is 12.5. The van der Waals surface area contributed by atoms with Gasteiger partial charge in [0.05, 0.1) is 10.5 Å². The molecule has 7 heteroatoms. The molecule has 3 N–H and O–H groups in total. The molecule has 1 aromatic heterocycles. The average Bonchev–Trinajstić information content (AvgIpc) is 2.86. The molecule has 2 rings (SSSR count). The summed E-state index contributed by atoms with van der Waals surface area (Å²) in [5.41, 5.74) is 5.13. The van der Waals surface area contributed by atoms with Crippen LogP contribution in [0.15, 0.2) is 21.7 Å². The van der Waals surface area contributed by atoms with Gasteiger partial charge in [0.15, 0.2) is 0 Å². The highest BCUT2D eigenvalue weighted by atomic mass is 32.2. The van der Waals surface area contributed by atoms with Gasteiger partial charge in [-0.15, -0.1) is 11.3 Å². The van der Waals surface area contributed by atoms with Gasteiger partial charge in [-0.3, -0.25) is 0 Å². The van der Waals surface area contributed by atoms with Crippen LogP contribution in [-0.2, 0) is 10.0 Å². The first-order valence-corrected chi connectivity index (χ1v) is 9.61. The van der Waals surface area contributed by atoms with Gasteiger partial charge in [0.25, 0.3) is 10.0 Å². The molecule has 0 bridgehead atoms. The third-order valence-electron chi connectivity index (χ3n) is 3.77. The molecule has 0 aliphatic heterocycles. The Morgan fingerprint density at radius 1 is 1.25 bits per heavy atom. The van der Waals surface area contributed by atoms with Crippen LogP contribution in [-0.4, -0.2) is 18.9 Å². The van der Waals surface area contributed by atoms with Crippen molar-refractivity contribution in [1.29, 1.82) is 0 Å². The molecule has 1 saturated carbocycles. The van der Waals surface area contributed by atoms with Crippen LogP contribution in [0.3, 0.4) is 0 Å². The van der Waals surface area contributed by atoms with Crippen molar-refractivity contribution in [2.24, 2.45) is 5.73 Å². The van der Waals surface area contributed by atoms with E-state index >= 15 is 0 Å². The van der Waals surface area contributed by atoms with Gasteiger partial charge in [0, 0.05) is 0 Å². The highest BCUT2D eigenvalue weighted by Crippen LogP contribution is 2.29. The van der Waals surface area contributed by atoms with Crippen molar-refractivity contribution >= 4 is 38.6 Å². The van der Waals surface area contributed by atoms with Crippen LogP contribution in [0.4, 0.5) is 0 Å². The number of thiocarbonyl (C=S) groups is 1. The van der Waals surface area contributed by atoms with E-state index in [1.807, 2.05) is 0 Å². The summed E-state index contributed by atoms with van der Waals surface area (Å²) in [5.74, 6) is 0. The van der Waals surface area contributed by atoms with Crippen LogP contribution in [0.1, 0.15) is 44.9 Å². The molecular formula is C13H20N2O2S3. The number of hydrogen-bond donors (Lipinski definition) is 2. The molecule has 0 radical (unpaired) electrons. The Morgan fingerprint density at radius 3 is 2.35 bits per heavy atom.